The van der Waals surface area contributed by atoms with Gasteiger partial charge in [-0.1, -0.05) is 75.2 Å². The highest BCUT2D eigenvalue weighted by Gasteiger charge is 2.29. The monoisotopic (exact) mass is 279 g/mol. The molecule has 3 rings (SSSR count). The van der Waals surface area contributed by atoms with Gasteiger partial charge in [0.1, 0.15) is 0 Å². The van der Waals surface area contributed by atoms with E-state index in [9.17, 15) is 0 Å². The van der Waals surface area contributed by atoms with Crippen molar-refractivity contribution in [2.75, 3.05) is 0 Å². The molecule has 2 aromatic rings. The smallest absolute Gasteiger partial charge is 0.0591 e. The Morgan fingerprint density at radius 2 is 1.33 bits per heavy atom. The van der Waals surface area contributed by atoms with Crippen molar-refractivity contribution in [3.63, 3.8) is 0 Å². The van der Waals surface area contributed by atoms with E-state index in [-0.39, 0.29) is 0 Å². The van der Waals surface area contributed by atoms with Crippen molar-refractivity contribution < 1.29 is 0 Å². The third kappa shape index (κ3) is 2.51. The fraction of sp³-hybridized carbons (Fsp3) is 0.400. The third-order valence-corrected chi connectivity index (χ3v) is 5.02. The molecule has 0 spiro atoms. The van der Waals surface area contributed by atoms with Gasteiger partial charge in [0.15, 0.2) is 0 Å². The van der Waals surface area contributed by atoms with Gasteiger partial charge in [0.25, 0.3) is 0 Å². The fourth-order valence-electron chi connectivity index (χ4n) is 3.73. The number of hydrogen-bond acceptors (Lipinski definition) is 1. The van der Waals surface area contributed by atoms with Gasteiger partial charge in [0, 0.05) is 6.04 Å². The number of hydrogen-bond donors (Lipinski definition) is 1. The Labute approximate surface area is 128 Å². The highest BCUT2D eigenvalue weighted by molar-refractivity contribution is 5.78. The molecule has 0 aliphatic heterocycles. The van der Waals surface area contributed by atoms with Crippen LogP contribution in [0.3, 0.4) is 0 Å². The molecular formula is C20H25N. The van der Waals surface area contributed by atoms with Gasteiger partial charge in [-0.2, -0.15) is 0 Å². The lowest BCUT2D eigenvalue weighted by atomic mass is 9.93. The summed E-state index contributed by atoms with van der Waals surface area (Å²) in [4.78, 5) is 0. The molecule has 1 N–H and O–H groups in total. The lowest BCUT2D eigenvalue weighted by molar-refractivity contribution is 0.338. The molecule has 0 saturated heterocycles. The molecule has 1 aliphatic rings. The topological polar surface area (TPSA) is 12.0 Å². The van der Waals surface area contributed by atoms with Crippen LogP contribution in [-0.4, -0.2) is 6.04 Å². The van der Waals surface area contributed by atoms with Gasteiger partial charge in [-0.3, -0.25) is 0 Å². The lowest BCUT2D eigenvalue weighted by Gasteiger charge is -2.27. The van der Waals surface area contributed by atoms with Crippen LogP contribution in [0.5, 0.6) is 0 Å². The highest BCUT2D eigenvalue weighted by Crippen LogP contribution is 2.43. The molecule has 0 fully saturated rings. The van der Waals surface area contributed by atoms with E-state index in [4.69, 9.17) is 0 Å². The van der Waals surface area contributed by atoms with Gasteiger partial charge >= 0.3 is 0 Å². The van der Waals surface area contributed by atoms with Crippen molar-refractivity contribution in [1.29, 1.82) is 0 Å². The van der Waals surface area contributed by atoms with Crippen molar-refractivity contribution in [2.24, 2.45) is 5.92 Å². The Morgan fingerprint density at radius 3 is 1.81 bits per heavy atom. The Bertz CT molecular complexity index is 567. The largest absolute Gasteiger partial charge is 0.303 e. The Morgan fingerprint density at radius 1 is 0.857 bits per heavy atom. The Balaban J connectivity index is 1.95. The van der Waals surface area contributed by atoms with E-state index in [1.54, 1.807) is 0 Å². The van der Waals surface area contributed by atoms with Crippen LogP contribution in [-0.2, 0) is 0 Å². The van der Waals surface area contributed by atoms with Gasteiger partial charge in [0.2, 0.25) is 0 Å². The van der Waals surface area contributed by atoms with Crippen molar-refractivity contribution >= 4 is 0 Å². The van der Waals surface area contributed by atoms with E-state index in [0.29, 0.717) is 12.1 Å². The van der Waals surface area contributed by atoms with Gasteiger partial charge < -0.3 is 5.32 Å². The molecule has 1 aliphatic carbocycles. The van der Waals surface area contributed by atoms with Crippen LogP contribution in [0.2, 0.25) is 0 Å². The van der Waals surface area contributed by atoms with E-state index < -0.39 is 0 Å². The Hall–Kier alpha value is -1.60. The second-order valence-electron chi connectivity index (χ2n) is 6.14. The summed E-state index contributed by atoms with van der Waals surface area (Å²) in [5, 5.41) is 3.89. The maximum atomic E-state index is 3.89. The first-order valence-corrected chi connectivity index (χ1v) is 8.20. The average molecular weight is 279 g/mol. The van der Waals surface area contributed by atoms with E-state index in [0.717, 1.165) is 5.92 Å². The zero-order valence-corrected chi connectivity index (χ0v) is 13.3. The zero-order valence-electron chi connectivity index (χ0n) is 13.3. The number of fused-ring (bicyclic) bond motifs is 3. The molecule has 0 heterocycles. The summed E-state index contributed by atoms with van der Waals surface area (Å²) >= 11 is 0. The molecule has 1 atom stereocenters. The molecule has 1 unspecified atom stereocenters. The van der Waals surface area contributed by atoms with Crippen molar-refractivity contribution in [3.8, 4) is 11.1 Å². The van der Waals surface area contributed by atoms with E-state index >= 15 is 0 Å². The van der Waals surface area contributed by atoms with Gasteiger partial charge in [0.05, 0.1) is 6.04 Å². The van der Waals surface area contributed by atoms with Crippen LogP contribution in [0.15, 0.2) is 48.5 Å². The number of benzene rings is 2. The van der Waals surface area contributed by atoms with Crippen molar-refractivity contribution in [3.05, 3.63) is 59.7 Å². The molecule has 21 heavy (non-hydrogen) atoms. The van der Waals surface area contributed by atoms with Crippen LogP contribution in [0, 0.1) is 5.92 Å². The second kappa shape index (κ2) is 6.03. The minimum Gasteiger partial charge on any atom is -0.303 e. The molecule has 2 aromatic carbocycles. The molecule has 0 saturated carbocycles. The van der Waals surface area contributed by atoms with E-state index in [2.05, 4.69) is 74.6 Å². The summed E-state index contributed by atoms with van der Waals surface area (Å²) in [6.45, 7) is 6.92. The van der Waals surface area contributed by atoms with Gasteiger partial charge in [-0.25, -0.2) is 0 Å². The third-order valence-electron chi connectivity index (χ3n) is 5.02. The van der Waals surface area contributed by atoms with Crippen LogP contribution in [0.25, 0.3) is 11.1 Å². The van der Waals surface area contributed by atoms with E-state index in [1.807, 2.05) is 0 Å². The standard InChI is InChI=1S/C20H25N/c1-4-15(5-2)14(3)21-20-18-12-8-6-10-16(18)17-11-7-9-13-19(17)20/h6-15,20-21H,4-5H2,1-3H3. The number of rotatable bonds is 5. The number of nitrogens with one attached hydrogen (secondary N) is 1. The summed E-state index contributed by atoms with van der Waals surface area (Å²) in [7, 11) is 0. The summed E-state index contributed by atoms with van der Waals surface area (Å²) in [6, 6.07) is 18.5. The lowest BCUT2D eigenvalue weighted by Crippen LogP contribution is -2.35. The molecule has 0 aromatic heterocycles. The minimum atomic E-state index is 0.341. The predicted octanol–water partition coefficient (Wildman–Crippen LogP) is 5.17. The van der Waals surface area contributed by atoms with E-state index in [1.165, 1.54) is 35.1 Å². The summed E-state index contributed by atoms with van der Waals surface area (Å²) in [5.41, 5.74) is 5.64. The fourth-order valence-corrected chi connectivity index (χ4v) is 3.73. The van der Waals surface area contributed by atoms with Crippen LogP contribution < -0.4 is 5.32 Å². The maximum Gasteiger partial charge on any atom is 0.0591 e. The van der Waals surface area contributed by atoms with Crippen LogP contribution in [0.4, 0.5) is 0 Å². The molecule has 110 valence electrons. The average Bonchev–Trinajstić information content (AvgIpc) is 2.84. The second-order valence-corrected chi connectivity index (χ2v) is 6.14. The molecule has 0 radical (unpaired) electrons. The zero-order chi connectivity index (χ0) is 14.8. The first kappa shape index (κ1) is 14.3. The Kier molecular flexibility index (Phi) is 4.12. The highest BCUT2D eigenvalue weighted by atomic mass is 15.0. The van der Waals surface area contributed by atoms with Crippen molar-refractivity contribution in [2.45, 2.75) is 45.7 Å². The summed E-state index contributed by atoms with van der Waals surface area (Å²) in [5.74, 6) is 0.741. The first-order chi connectivity index (χ1) is 10.3. The molecule has 0 amide bonds. The summed E-state index contributed by atoms with van der Waals surface area (Å²) in [6.07, 6.45) is 2.47. The van der Waals surface area contributed by atoms with Gasteiger partial charge in [-0.15, -0.1) is 0 Å². The van der Waals surface area contributed by atoms with Gasteiger partial charge in [-0.05, 0) is 35.1 Å². The first-order valence-electron chi connectivity index (χ1n) is 8.20. The maximum absolute atomic E-state index is 3.89. The van der Waals surface area contributed by atoms with Crippen LogP contribution >= 0.6 is 0 Å². The summed E-state index contributed by atoms with van der Waals surface area (Å²) < 4.78 is 0. The predicted molar refractivity (Wildman–Crippen MR) is 90.4 cm³/mol. The quantitative estimate of drug-likeness (QED) is 0.796. The SMILES string of the molecule is CCC(CC)C(C)NC1c2ccccc2-c2ccccc21. The molecule has 1 nitrogen and oxygen atoms in total. The molecule has 0 bridgehead atoms. The minimum absolute atomic E-state index is 0.341. The normalized spacial score (nSPS) is 15.0. The van der Waals surface area contributed by atoms with Crippen LogP contribution in [0.1, 0.15) is 50.8 Å². The molecular weight excluding hydrogens is 254 g/mol. The van der Waals surface area contributed by atoms with Crippen molar-refractivity contribution in [1.82, 2.24) is 5.32 Å². The molecule has 1 heteroatoms.